The molecule has 5 aromatic rings. The molecule has 3 aromatic carbocycles. The maximum absolute atomic E-state index is 13.3. The molecular formula is C27H19F3N2O3. The molecule has 0 spiro atoms. The van der Waals surface area contributed by atoms with E-state index in [2.05, 4.69) is 5.10 Å². The van der Waals surface area contributed by atoms with E-state index in [-0.39, 0.29) is 35.0 Å². The van der Waals surface area contributed by atoms with E-state index < -0.39 is 11.7 Å². The van der Waals surface area contributed by atoms with Crippen molar-refractivity contribution in [1.29, 1.82) is 0 Å². The maximum atomic E-state index is 13.3. The van der Waals surface area contributed by atoms with E-state index in [1.54, 1.807) is 29.1 Å². The van der Waals surface area contributed by atoms with Crippen LogP contribution in [0.4, 0.5) is 13.2 Å². The van der Waals surface area contributed by atoms with Gasteiger partial charge in [0.25, 0.3) is 0 Å². The monoisotopic (exact) mass is 476 g/mol. The Morgan fingerprint density at radius 1 is 0.943 bits per heavy atom. The molecule has 5 rings (SSSR count). The number of aromatic nitrogens is 2. The zero-order valence-electron chi connectivity index (χ0n) is 18.3. The van der Waals surface area contributed by atoms with E-state index in [9.17, 15) is 18.0 Å². The van der Waals surface area contributed by atoms with Crippen LogP contribution in [-0.4, -0.2) is 9.78 Å². The second kappa shape index (κ2) is 9.13. The summed E-state index contributed by atoms with van der Waals surface area (Å²) in [5, 5.41) is 4.61. The number of fused-ring (bicyclic) bond motifs is 1. The summed E-state index contributed by atoms with van der Waals surface area (Å²) < 4.78 is 53.1. The highest BCUT2D eigenvalue weighted by molar-refractivity contribution is 5.78. The summed E-state index contributed by atoms with van der Waals surface area (Å²) in [6.45, 7) is 0.259. The second-order valence-corrected chi connectivity index (χ2v) is 8.00. The molecule has 0 fully saturated rings. The Kier molecular flexibility index (Phi) is 5.86. The Morgan fingerprint density at radius 2 is 1.71 bits per heavy atom. The summed E-state index contributed by atoms with van der Waals surface area (Å²) in [6.07, 6.45) is 0.0986. The first kappa shape index (κ1) is 22.5. The van der Waals surface area contributed by atoms with Crippen LogP contribution >= 0.6 is 0 Å². The molecule has 2 aromatic heterocycles. The molecule has 0 atom stereocenters. The molecule has 0 bridgehead atoms. The van der Waals surface area contributed by atoms with Crippen molar-refractivity contribution in [2.24, 2.45) is 0 Å². The fraction of sp³-hybridized carbons (Fsp3) is 0.111. The third-order valence-electron chi connectivity index (χ3n) is 5.58. The molecule has 0 aliphatic carbocycles. The van der Waals surface area contributed by atoms with Crippen LogP contribution in [-0.2, 0) is 19.2 Å². The van der Waals surface area contributed by atoms with Crippen molar-refractivity contribution in [3.63, 3.8) is 0 Å². The summed E-state index contributed by atoms with van der Waals surface area (Å²) in [6, 6.07) is 19.7. The molecule has 8 heteroatoms. The first-order valence-corrected chi connectivity index (χ1v) is 10.8. The van der Waals surface area contributed by atoms with Crippen LogP contribution in [0.15, 0.2) is 101 Å². The van der Waals surface area contributed by atoms with E-state index in [4.69, 9.17) is 9.15 Å². The van der Waals surface area contributed by atoms with Crippen molar-refractivity contribution in [2.45, 2.75) is 19.2 Å². The number of alkyl halides is 3. The summed E-state index contributed by atoms with van der Waals surface area (Å²) >= 11 is 0. The Hall–Kier alpha value is -4.33. The lowest BCUT2D eigenvalue weighted by Crippen LogP contribution is -2.13. The topological polar surface area (TPSA) is 57.3 Å². The predicted molar refractivity (Wildman–Crippen MR) is 125 cm³/mol. The quantitative estimate of drug-likeness (QED) is 0.294. The lowest BCUT2D eigenvalue weighted by atomic mass is 9.99. The van der Waals surface area contributed by atoms with Crippen molar-refractivity contribution in [1.82, 2.24) is 9.78 Å². The molecular weight excluding hydrogens is 457 g/mol. The van der Waals surface area contributed by atoms with E-state index in [1.807, 2.05) is 36.5 Å². The van der Waals surface area contributed by atoms with Gasteiger partial charge >= 0.3 is 6.18 Å². The van der Waals surface area contributed by atoms with Gasteiger partial charge in [-0.2, -0.15) is 18.3 Å². The highest BCUT2D eigenvalue weighted by Gasteiger charge is 2.33. The van der Waals surface area contributed by atoms with Crippen molar-refractivity contribution in [3.8, 4) is 11.4 Å². The molecule has 0 saturated carbocycles. The summed E-state index contributed by atoms with van der Waals surface area (Å²) in [5.74, 6) is 0.489. The fourth-order valence-corrected chi connectivity index (χ4v) is 3.84. The number of benzene rings is 3. The van der Waals surface area contributed by atoms with Crippen molar-refractivity contribution in [2.75, 3.05) is 0 Å². The summed E-state index contributed by atoms with van der Waals surface area (Å²) in [7, 11) is 0. The Morgan fingerprint density at radius 3 is 2.51 bits per heavy atom. The molecule has 0 saturated heterocycles. The average molecular weight is 476 g/mol. The summed E-state index contributed by atoms with van der Waals surface area (Å²) in [4.78, 5) is 12.9. The van der Waals surface area contributed by atoms with Gasteiger partial charge in [0.15, 0.2) is 5.43 Å². The molecule has 0 N–H and O–H groups in total. The third-order valence-corrected chi connectivity index (χ3v) is 5.58. The first-order valence-electron chi connectivity index (χ1n) is 10.8. The summed E-state index contributed by atoms with van der Waals surface area (Å²) in [5.41, 5.74) is 1.10. The lowest BCUT2D eigenvalue weighted by Gasteiger charge is -2.12. The Balaban J connectivity index is 1.34. The van der Waals surface area contributed by atoms with E-state index in [0.29, 0.717) is 11.3 Å². The number of rotatable bonds is 6. The molecule has 0 unspecified atom stereocenters. The highest BCUT2D eigenvalue weighted by Crippen LogP contribution is 2.32. The van der Waals surface area contributed by atoms with Gasteiger partial charge in [0.1, 0.15) is 17.9 Å². The normalized spacial score (nSPS) is 11.6. The zero-order valence-corrected chi connectivity index (χ0v) is 18.3. The highest BCUT2D eigenvalue weighted by atomic mass is 19.4. The predicted octanol–water partition coefficient (Wildman–Crippen LogP) is 6.17. The van der Waals surface area contributed by atoms with Crippen molar-refractivity contribution < 1.29 is 22.3 Å². The van der Waals surface area contributed by atoms with Crippen LogP contribution in [0.25, 0.3) is 16.7 Å². The minimum atomic E-state index is -4.50. The van der Waals surface area contributed by atoms with Gasteiger partial charge in [-0.25, -0.2) is 4.68 Å². The number of ether oxygens (including phenoxy) is 1. The van der Waals surface area contributed by atoms with Gasteiger partial charge in [-0.3, -0.25) is 4.79 Å². The SMILES string of the molecule is O=c1c(Cc2ccccc2C(F)(F)F)coc2cc(OCc3cnn(-c4ccccc4)c3)ccc12. The van der Waals surface area contributed by atoms with E-state index in [0.717, 1.165) is 17.3 Å². The number of hydrogen-bond donors (Lipinski definition) is 0. The van der Waals surface area contributed by atoms with Crippen LogP contribution in [0.5, 0.6) is 5.75 Å². The molecule has 0 aliphatic rings. The molecule has 35 heavy (non-hydrogen) atoms. The van der Waals surface area contributed by atoms with Crippen LogP contribution in [0.3, 0.4) is 0 Å². The minimum Gasteiger partial charge on any atom is -0.489 e. The van der Waals surface area contributed by atoms with E-state index >= 15 is 0 Å². The lowest BCUT2D eigenvalue weighted by molar-refractivity contribution is -0.138. The Bertz CT molecular complexity index is 1540. The van der Waals surface area contributed by atoms with Crippen LogP contribution in [0.2, 0.25) is 0 Å². The first-order chi connectivity index (χ1) is 16.9. The average Bonchev–Trinajstić information content (AvgIpc) is 3.34. The third kappa shape index (κ3) is 4.82. The van der Waals surface area contributed by atoms with Crippen molar-refractivity contribution >= 4 is 11.0 Å². The molecule has 176 valence electrons. The standard InChI is InChI=1S/C27H19F3N2O3/c28-27(29,30)24-9-5-4-6-19(24)12-20-17-35-25-13-22(10-11-23(25)26(20)33)34-16-18-14-31-32(15-18)21-7-2-1-3-8-21/h1-11,13-15,17H,12,16H2. The zero-order chi connectivity index (χ0) is 24.4. The van der Waals surface area contributed by atoms with E-state index in [1.165, 1.54) is 24.5 Å². The smallest absolute Gasteiger partial charge is 0.416 e. The molecule has 5 nitrogen and oxygen atoms in total. The van der Waals surface area contributed by atoms with Crippen LogP contribution < -0.4 is 10.2 Å². The second-order valence-electron chi connectivity index (χ2n) is 8.00. The maximum Gasteiger partial charge on any atom is 0.416 e. The van der Waals surface area contributed by atoms with Crippen molar-refractivity contribution in [3.05, 3.63) is 124 Å². The number of halogens is 3. The number of hydrogen-bond acceptors (Lipinski definition) is 4. The number of nitrogens with zero attached hydrogens (tertiary/aromatic N) is 2. The molecule has 2 heterocycles. The minimum absolute atomic E-state index is 0.0163. The molecule has 0 aliphatic heterocycles. The van der Waals surface area contributed by atoms with Crippen LogP contribution in [0.1, 0.15) is 22.3 Å². The van der Waals surface area contributed by atoms with Gasteiger partial charge in [-0.15, -0.1) is 0 Å². The van der Waals surface area contributed by atoms with Gasteiger partial charge in [0.2, 0.25) is 0 Å². The molecule has 0 radical (unpaired) electrons. The van der Waals surface area contributed by atoms with Gasteiger partial charge < -0.3 is 9.15 Å². The molecule has 0 amide bonds. The van der Waals surface area contributed by atoms with Gasteiger partial charge in [-0.05, 0) is 35.9 Å². The number of para-hydroxylation sites is 1. The Labute approximate surface area is 198 Å². The van der Waals surface area contributed by atoms with Gasteiger partial charge in [0.05, 0.1) is 29.1 Å². The fourth-order valence-electron chi connectivity index (χ4n) is 3.84. The largest absolute Gasteiger partial charge is 0.489 e. The van der Waals surface area contributed by atoms with Gasteiger partial charge in [0, 0.05) is 29.8 Å². The van der Waals surface area contributed by atoms with Gasteiger partial charge in [-0.1, -0.05) is 36.4 Å². The van der Waals surface area contributed by atoms with Crippen LogP contribution in [0, 0.1) is 0 Å².